The Bertz CT molecular complexity index is 1200. The van der Waals surface area contributed by atoms with E-state index in [-0.39, 0.29) is 17.7 Å². The zero-order chi connectivity index (χ0) is 25.8. The molecule has 5 rings (SSSR count). The summed E-state index contributed by atoms with van der Waals surface area (Å²) in [7, 11) is 0. The number of nitrogens with two attached hydrogens (primary N) is 1. The number of carbonyl (C=O) groups is 2. The van der Waals surface area contributed by atoms with E-state index in [9.17, 15) is 9.59 Å². The van der Waals surface area contributed by atoms with Gasteiger partial charge in [0.15, 0.2) is 0 Å². The maximum Gasteiger partial charge on any atom is 0.227 e. The molecule has 2 saturated carbocycles. The second-order valence-corrected chi connectivity index (χ2v) is 9.95. The van der Waals surface area contributed by atoms with Crippen molar-refractivity contribution in [2.75, 3.05) is 41.7 Å². The topological polar surface area (TPSA) is 103 Å². The highest BCUT2D eigenvalue weighted by Gasteiger charge is 2.34. The predicted molar refractivity (Wildman–Crippen MR) is 149 cm³/mol. The number of nitrogens with zero attached hydrogens (tertiary/aromatic N) is 3. The molecule has 8 nitrogen and oxygen atoms in total. The molecule has 2 amide bonds. The molecule has 192 valence electrons. The smallest absolute Gasteiger partial charge is 0.227 e. The minimum Gasteiger partial charge on any atom is -0.398 e. The van der Waals surface area contributed by atoms with Gasteiger partial charge in [0.2, 0.25) is 11.8 Å². The number of hydrogen-bond acceptors (Lipinski definition) is 6. The summed E-state index contributed by atoms with van der Waals surface area (Å²) in [6.45, 7) is 7.26. The molecule has 2 aromatic carbocycles. The van der Waals surface area contributed by atoms with Crippen LogP contribution in [0.4, 0.5) is 17.1 Å². The summed E-state index contributed by atoms with van der Waals surface area (Å²) in [4.78, 5) is 32.8. The SMILES string of the molecule is C=C(/N=C\C=C(/N)c1ccc(NC(=O)C2CC2)cc1)Nc1ccc(N2CCN(C(=O)C3CC3)CC2)cc1. The van der Waals surface area contributed by atoms with Crippen LogP contribution in [0.2, 0.25) is 0 Å². The third kappa shape index (κ3) is 6.58. The normalized spacial score (nSPS) is 18.1. The molecule has 0 atom stereocenters. The van der Waals surface area contributed by atoms with Crippen LogP contribution in [0, 0.1) is 11.8 Å². The van der Waals surface area contributed by atoms with E-state index in [1.165, 1.54) is 0 Å². The minimum atomic E-state index is 0.0868. The molecule has 8 heteroatoms. The van der Waals surface area contributed by atoms with Gasteiger partial charge in [0.05, 0.1) is 0 Å². The number of nitrogens with one attached hydrogen (secondary N) is 2. The first-order valence-corrected chi connectivity index (χ1v) is 13.0. The highest BCUT2D eigenvalue weighted by Crippen LogP contribution is 2.32. The number of aliphatic imine (C=N–C) groups is 1. The van der Waals surface area contributed by atoms with Gasteiger partial charge in [-0.25, -0.2) is 4.99 Å². The molecule has 2 aromatic rings. The van der Waals surface area contributed by atoms with Gasteiger partial charge in [-0.15, -0.1) is 0 Å². The van der Waals surface area contributed by atoms with E-state index in [1.54, 1.807) is 12.3 Å². The fourth-order valence-corrected chi connectivity index (χ4v) is 4.37. The average Bonchev–Trinajstić information content (AvgIpc) is 3.83. The number of amides is 2. The molecule has 4 N–H and O–H groups in total. The van der Waals surface area contributed by atoms with E-state index >= 15 is 0 Å². The Kier molecular flexibility index (Phi) is 7.25. The first-order valence-electron chi connectivity index (χ1n) is 13.0. The molecule has 0 unspecified atom stereocenters. The van der Waals surface area contributed by atoms with Gasteiger partial charge in [-0.1, -0.05) is 18.7 Å². The van der Waals surface area contributed by atoms with Crippen LogP contribution in [0.15, 0.2) is 72.0 Å². The number of allylic oxidation sites excluding steroid dienone is 1. The van der Waals surface area contributed by atoms with Crippen molar-refractivity contribution in [2.45, 2.75) is 25.7 Å². The Morgan fingerprint density at radius 1 is 0.865 bits per heavy atom. The lowest BCUT2D eigenvalue weighted by Crippen LogP contribution is -2.49. The quantitative estimate of drug-likeness (QED) is 0.453. The molecule has 2 aliphatic carbocycles. The summed E-state index contributed by atoms with van der Waals surface area (Å²) in [5, 5.41) is 6.12. The molecule has 1 saturated heterocycles. The molecule has 0 aromatic heterocycles. The number of hydrogen-bond donors (Lipinski definition) is 3. The molecular formula is C29H34N6O2. The van der Waals surface area contributed by atoms with Crippen LogP contribution in [-0.4, -0.2) is 49.1 Å². The van der Waals surface area contributed by atoms with Crippen molar-refractivity contribution in [3.8, 4) is 0 Å². The van der Waals surface area contributed by atoms with Crippen LogP contribution >= 0.6 is 0 Å². The van der Waals surface area contributed by atoms with Gasteiger partial charge in [0, 0.05) is 67.0 Å². The summed E-state index contributed by atoms with van der Waals surface area (Å²) in [6, 6.07) is 15.6. The van der Waals surface area contributed by atoms with Gasteiger partial charge >= 0.3 is 0 Å². The molecule has 0 spiro atoms. The zero-order valence-corrected chi connectivity index (χ0v) is 21.0. The van der Waals surface area contributed by atoms with Gasteiger partial charge in [-0.2, -0.15) is 0 Å². The number of benzene rings is 2. The largest absolute Gasteiger partial charge is 0.398 e. The lowest BCUT2D eigenvalue weighted by molar-refractivity contribution is -0.132. The molecule has 0 bridgehead atoms. The third-order valence-corrected chi connectivity index (χ3v) is 6.96. The number of carbonyl (C=O) groups excluding carboxylic acids is 2. The van der Waals surface area contributed by atoms with Gasteiger partial charge in [0.1, 0.15) is 5.82 Å². The number of anilines is 3. The maximum atomic E-state index is 12.3. The van der Waals surface area contributed by atoms with Crippen molar-refractivity contribution < 1.29 is 9.59 Å². The Morgan fingerprint density at radius 2 is 1.46 bits per heavy atom. The van der Waals surface area contributed by atoms with Crippen molar-refractivity contribution in [3.63, 3.8) is 0 Å². The van der Waals surface area contributed by atoms with Crippen LogP contribution < -0.4 is 21.3 Å². The molecule has 3 aliphatic rings. The van der Waals surface area contributed by atoms with E-state index < -0.39 is 0 Å². The molecule has 1 heterocycles. The Labute approximate surface area is 217 Å². The predicted octanol–water partition coefficient (Wildman–Crippen LogP) is 4.05. The lowest BCUT2D eigenvalue weighted by Gasteiger charge is -2.36. The molecular weight excluding hydrogens is 464 g/mol. The summed E-state index contributed by atoms with van der Waals surface area (Å²) < 4.78 is 0. The first kappa shape index (κ1) is 24.6. The van der Waals surface area contributed by atoms with E-state index in [0.717, 1.165) is 74.5 Å². The first-order chi connectivity index (χ1) is 18.0. The van der Waals surface area contributed by atoms with Crippen molar-refractivity contribution in [2.24, 2.45) is 22.6 Å². The minimum absolute atomic E-state index is 0.0868. The highest BCUT2D eigenvalue weighted by atomic mass is 16.2. The fourth-order valence-electron chi connectivity index (χ4n) is 4.37. The number of rotatable bonds is 9. The second-order valence-electron chi connectivity index (χ2n) is 9.95. The van der Waals surface area contributed by atoms with Crippen molar-refractivity contribution in [1.82, 2.24) is 4.90 Å². The van der Waals surface area contributed by atoms with Crippen molar-refractivity contribution in [1.29, 1.82) is 0 Å². The van der Waals surface area contributed by atoms with Gasteiger partial charge in [-0.3, -0.25) is 9.59 Å². The standard InChI is InChI=1S/C29H34N6O2/c1-20(31-15-14-27(30)21-6-8-25(9-7-21)33-28(36)22-2-3-22)32-24-10-12-26(13-11-24)34-16-18-35(19-17-34)29(37)23-4-5-23/h6-15,22-23,32H,1-5,16-19,30H2,(H,33,36)/b27-14-,31-15-. The Hall–Kier alpha value is -4.07. The molecule has 3 fully saturated rings. The van der Waals surface area contributed by atoms with Crippen LogP contribution in [0.3, 0.4) is 0 Å². The van der Waals surface area contributed by atoms with E-state index in [1.807, 2.05) is 41.3 Å². The third-order valence-electron chi connectivity index (χ3n) is 6.96. The Balaban J connectivity index is 1.08. The fraction of sp³-hybridized carbons (Fsp3) is 0.345. The van der Waals surface area contributed by atoms with Crippen molar-refractivity contribution in [3.05, 3.63) is 72.6 Å². The van der Waals surface area contributed by atoms with Gasteiger partial charge in [-0.05, 0) is 73.7 Å². The summed E-state index contributed by atoms with van der Waals surface area (Å²) in [6.07, 6.45) is 7.41. The highest BCUT2D eigenvalue weighted by molar-refractivity contribution is 5.94. The van der Waals surface area contributed by atoms with E-state index in [2.05, 4.69) is 39.2 Å². The van der Waals surface area contributed by atoms with E-state index in [4.69, 9.17) is 5.73 Å². The summed E-state index contributed by atoms with van der Waals surface area (Å²) in [5.74, 6) is 1.39. The van der Waals surface area contributed by atoms with Crippen LogP contribution in [0.1, 0.15) is 31.2 Å². The zero-order valence-electron chi connectivity index (χ0n) is 21.0. The van der Waals surface area contributed by atoms with Crippen LogP contribution in [-0.2, 0) is 9.59 Å². The van der Waals surface area contributed by atoms with E-state index in [0.29, 0.717) is 17.4 Å². The lowest BCUT2D eigenvalue weighted by atomic mass is 10.1. The monoisotopic (exact) mass is 498 g/mol. The Morgan fingerprint density at radius 3 is 2.08 bits per heavy atom. The van der Waals surface area contributed by atoms with Crippen molar-refractivity contribution >= 4 is 40.8 Å². The number of piperazine rings is 1. The summed E-state index contributed by atoms with van der Waals surface area (Å²) >= 11 is 0. The molecule has 1 aliphatic heterocycles. The molecule has 0 radical (unpaired) electrons. The summed E-state index contributed by atoms with van der Waals surface area (Å²) in [5.41, 5.74) is 10.4. The van der Waals surface area contributed by atoms with Gasteiger partial charge < -0.3 is 26.2 Å². The maximum absolute atomic E-state index is 12.3. The van der Waals surface area contributed by atoms with Crippen LogP contribution in [0.5, 0.6) is 0 Å². The second kappa shape index (κ2) is 10.9. The average molecular weight is 499 g/mol. The van der Waals surface area contributed by atoms with Crippen LogP contribution in [0.25, 0.3) is 5.70 Å². The van der Waals surface area contributed by atoms with Gasteiger partial charge in [0.25, 0.3) is 0 Å². The molecule has 37 heavy (non-hydrogen) atoms.